The zero-order valence-electron chi connectivity index (χ0n) is 17.2. The van der Waals surface area contributed by atoms with Crippen molar-refractivity contribution in [3.8, 4) is 11.5 Å². The van der Waals surface area contributed by atoms with Crippen molar-refractivity contribution in [1.29, 1.82) is 0 Å². The van der Waals surface area contributed by atoms with Gasteiger partial charge in [-0.1, -0.05) is 0 Å². The van der Waals surface area contributed by atoms with Crippen LogP contribution in [0.3, 0.4) is 0 Å². The Morgan fingerprint density at radius 1 is 1.23 bits per heavy atom. The fourth-order valence-corrected chi connectivity index (χ4v) is 4.51. The molecule has 2 amide bonds. The molecule has 3 aliphatic rings. The molecule has 3 heterocycles. The summed E-state index contributed by atoms with van der Waals surface area (Å²) in [4.78, 5) is 29.4. The Hall–Kier alpha value is -2.36. The first kappa shape index (κ1) is 20.9. The lowest BCUT2D eigenvalue weighted by Gasteiger charge is -2.38. The summed E-state index contributed by atoms with van der Waals surface area (Å²) in [5, 5.41) is 13.0. The Bertz CT molecular complexity index is 780. The molecule has 0 aliphatic carbocycles. The lowest BCUT2D eigenvalue weighted by Crippen LogP contribution is -2.52. The average Bonchev–Trinajstić information content (AvgIpc) is 3.39. The van der Waals surface area contributed by atoms with Crippen molar-refractivity contribution in [2.24, 2.45) is 0 Å². The van der Waals surface area contributed by atoms with E-state index in [1.54, 1.807) is 25.3 Å². The third kappa shape index (κ3) is 4.38. The molecular formula is C21H29N3O6. The number of likely N-dealkylation sites (tertiary alicyclic amines) is 2. The van der Waals surface area contributed by atoms with Crippen molar-refractivity contribution >= 4 is 11.8 Å². The smallest absolute Gasteiger partial charge is 0.253 e. The summed E-state index contributed by atoms with van der Waals surface area (Å²) < 4.78 is 15.7. The zero-order valence-corrected chi connectivity index (χ0v) is 17.2. The summed E-state index contributed by atoms with van der Waals surface area (Å²) in [5.41, 5.74) is 0.588. The number of fused-ring (bicyclic) bond motifs is 1. The Kier molecular flexibility index (Phi) is 6.40. The second-order valence-electron chi connectivity index (χ2n) is 7.98. The number of methoxy groups -OCH3 is 1. The molecule has 164 valence electrons. The van der Waals surface area contributed by atoms with Gasteiger partial charge >= 0.3 is 0 Å². The number of hydrogen-bond donors (Lipinski definition) is 2. The molecule has 0 radical (unpaired) electrons. The van der Waals surface area contributed by atoms with Gasteiger partial charge in [-0.15, -0.1) is 0 Å². The van der Waals surface area contributed by atoms with Crippen LogP contribution in [0.4, 0.5) is 0 Å². The summed E-state index contributed by atoms with van der Waals surface area (Å²) in [5.74, 6) is 1.17. The predicted octanol–water partition coefficient (Wildman–Crippen LogP) is 0.218. The van der Waals surface area contributed by atoms with E-state index in [1.165, 1.54) is 0 Å². The van der Waals surface area contributed by atoms with E-state index >= 15 is 0 Å². The third-order valence-corrected chi connectivity index (χ3v) is 6.07. The van der Waals surface area contributed by atoms with Crippen LogP contribution in [0.15, 0.2) is 18.2 Å². The summed E-state index contributed by atoms with van der Waals surface area (Å²) in [7, 11) is 1.59. The molecule has 9 nitrogen and oxygen atoms in total. The van der Waals surface area contributed by atoms with Gasteiger partial charge in [0.25, 0.3) is 5.91 Å². The summed E-state index contributed by atoms with van der Waals surface area (Å²) >= 11 is 0. The van der Waals surface area contributed by atoms with Crippen molar-refractivity contribution in [3.63, 3.8) is 0 Å². The van der Waals surface area contributed by atoms with Gasteiger partial charge in [0.1, 0.15) is 0 Å². The molecule has 0 saturated carbocycles. The molecule has 0 aromatic heterocycles. The van der Waals surface area contributed by atoms with Gasteiger partial charge in [-0.05, 0) is 37.5 Å². The fourth-order valence-electron chi connectivity index (χ4n) is 4.51. The number of nitrogens with one attached hydrogen (secondary N) is 1. The maximum absolute atomic E-state index is 12.9. The van der Waals surface area contributed by atoms with Crippen molar-refractivity contribution in [2.75, 3.05) is 46.7 Å². The highest BCUT2D eigenvalue weighted by molar-refractivity contribution is 5.95. The molecule has 1 aromatic carbocycles. The van der Waals surface area contributed by atoms with E-state index in [0.717, 1.165) is 12.8 Å². The number of hydrogen-bond acceptors (Lipinski definition) is 7. The molecule has 4 rings (SSSR count). The highest BCUT2D eigenvalue weighted by atomic mass is 16.7. The molecule has 9 heteroatoms. The van der Waals surface area contributed by atoms with E-state index in [1.807, 2.05) is 4.90 Å². The largest absolute Gasteiger partial charge is 0.454 e. The number of piperidine rings is 1. The Balaban J connectivity index is 1.34. The lowest BCUT2D eigenvalue weighted by atomic mass is 10.0. The maximum Gasteiger partial charge on any atom is 0.253 e. The zero-order chi connectivity index (χ0) is 21.1. The van der Waals surface area contributed by atoms with Crippen LogP contribution in [0.1, 0.15) is 29.6 Å². The molecule has 0 spiro atoms. The topological polar surface area (TPSA) is 101 Å². The van der Waals surface area contributed by atoms with E-state index in [-0.39, 0.29) is 30.7 Å². The first-order valence-corrected chi connectivity index (χ1v) is 10.5. The van der Waals surface area contributed by atoms with Gasteiger partial charge in [-0.3, -0.25) is 14.5 Å². The molecule has 1 aromatic rings. The normalized spacial score (nSPS) is 24.3. The van der Waals surface area contributed by atoms with Crippen LogP contribution in [0, 0.1) is 0 Å². The number of nitrogens with zero attached hydrogens (tertiary/aromatic N) is 2. The van der Waals surface area contributed by atoms with Crippen molar-refractivity contribution in [1.82, 2.24) is 15.1 Å². The van der Waals surface area contributed by atoms with Gasteiger partial charge < -0.3 is 29.5 Å². The molecule has 3 aliphatic heterocycles. The molecule has 30 heavy (non-hydrogen) atoms. The maximum atomic E-state index is 12.9. The molecule has 0 unspecified atom stereocenters. The van der Waals surface area contributed by atoms with Crippen LogP contribution in [0.2, 0.25) is 0 Å². The van der Waals surface area contributed by atoms with E-state index in [9.17, 15) is 14.7 Å². The Morgan fingerprint density at radius 2 is 2.00 bits per heavy atom. The first-order valence-electron chi connectivity index (χ1n) is 10.5. The molecule has 0 bridgehead atoms. The predicted molar refractivity (Wildman–Crippen MR) is 107 cm³/mol. The van der Waals surface area contributed by atoms with Crippen molar-refractivity contribution in [3.05, 3.63) is 23.8 Å². The summed E-state index contributed by atoms with van der Waals surface area (Å²) in [6.07, 6.45) is 1.47. The number of carbonyl (C=O) groups excluding carboxylic acids is 2. The van der Waals surface area contributed by atoms with E-state index in [2.05, 4.69) is 10.2 Å². The summed E-state index contributed by atoms with van der Waals surface area (Å²) in [6, 6.07) is 5.09. The fraction of sp³-hybridized carbons (Fsp3) is 0.619. The molecule has 2 fully saturated rings. The van der Waals surface area contributed by atoms with Gasteiger partial charge in [0.2, 0.25) is 12.7 Å². The Labute approximate surface area is 175 Å². The number of ether oxygens (including phenoxy) is 3. The average molecular weight is 419 g/mol. The van der Waals surface area contributed by atoms with Gasteiger partial charge in [0.15, 0.2) is 11.5 Å². The number of β-amino-alcohol motifs (C(OH)–C–C–N with tert-alkyl or cyclic N) is 1. The van der Waals surface area contributed by atoms with Crippen molar-refractivity contribution in [2.45, 2.75) is 37.5 Å². The minimum Gasteiger partial charge on any atom is -0.454 e. The Morgan fingerprint density at radius 3 is 2.77 bits per heavy atom. The van der Waals surface area contributed by atoms with Gasteiger partial charge in [-0.25, -0.2) is 0 Å². The van der Waals surface area contributed by atoms with Gasteiger partial charge in [0.05, 0.1) is 18.8 Å². The monoisotopic (exact) mass is 419 g/mol. The molecule has 2 atom stereocenters. The number of amides is 2. The number of rotatable bonds is 6. The van der Waals surface area contributed by atoms with Gasteiger partial charge in [-0.2, -0.15) is 0 Å². The minimum absolute atomic E-state index is 0.0259. The quantitative estimate of drug-likeness (QED) is 0.636. The lowest BCUT2D eigenvalue weighted by molar-refractivity contribution is -0.126. The SMILES string of the molecule is COCCNC(=O)[C@@H]1C[C@@H](O)CN1C1CCN(C(=O)c2ccc3c(c2)OCO3)CC1. The highest BCUT2D eigenvalue weighted by Crippen LogP contribution is 2.33. The molecule has 2 saturated heterocycles. The number of aliphatic hydroxyl groups excluding tert-OH is 1. The standard InChI is InChI=1S/C21H29N3O6/c1-28-9-6-22-20(26)17-11-16(25)12-24(17)15-4-7-23(8-5-15)21(27)14-2-3-18-19(10-14)30-13-29-18/h2-3,10,15-17,25H,4-9,11-13H2,1H3,(H,22,26)/t16-,17+/m1/s1. The van der Waals surface area contributed by atoms with Crippen LogP contribution in [0.25, 0.3) is 0 Å². The third-order valence-electron chi connectivity index (χ3n) is 6.07. The van der Waals surface area contributed by atoms with Crippen LogP contribution in [-0.2, 0) is 9.53 Å². The summed E-state index contributed by atoms with van der Waals surface area (Å²) in [6.45, 7) is 2.81. The van der Waals surface area contributed by atoms with Crippen LogP contribution >= 0.6 is 0 Å². The van der Waals surface area contributed by atoms with Crippen LogP contribution in [0.5, 0.6) is 11.5 Å². The number of benzene rings is 1. The van der Waals surface area contributed by atoms with Crippen LogP contribution < -0.4 is 14.8 Å². The second kappa shape index (κ2) is 9.20. The van der Waals surface area contributed by atoms with E-state index < -0.39 is 6.10 Å². The van der Waals surface area contributed by atoms with E-state index in [4.69, 9.17) is 14.2 Å². The number of carbonyl (C=O) groups is 2. The second-order valence-corrected chi connectivity index (χ2v) is 7.98. The molecular weight excluding hydrogens is 390 g/mol. The molecule has 2 N–H and O–H groups in total. The first-order chi connectivity index (χ1) is 14.6. The minimum atomic E-state index is -0.503. The highest BCUT2D eigenvalue weighted by Gasteiger charge is 2.41. The van der Waals surface area contributed by atoms with E-state index in [0.29, 0.717) is 56.3 Å². The van der Waals surface area contributed by atoms with Crippen LogP contribution in [-0.4, -0.2) is 91.6 Å². The van der Waals surface area contributed by atoms with Gasteiger partial charge in [0, 0.05) is 44.9 Å². The van der Waals surface area contributed by atoms with Crippen molar-refractivity contribution < 1.29 is 28.9 Å². The number of aliphatic hydroxyl groups is 1.